The summed E-state index contributed by atoms with van der Waals surface area (Å²) in [6.45, 7) is 2.58. The highest BCUT2D eigenvalue weighted by Crippen LogP contribution is 2.22. The van der Waals surface area contributed by atoms with Gasteiger partial charge in [0.25, 0.3) is 10.0 Å². The molecule has 0 aliphatic rings. The van der Waals surface area contributed by atoms with Gasteiger partial charge in [-0.15, -0.1) is 0 Å². The predicted molar refractivity (Wildman–Crippen MR) is 86.7 cm³/mol. The van der Waals surface area contributed by atoms with Gasteiger partial charge in [0.15, 0.2) is 5.03 Å². The van der Waals surface area contributed by atoms with Crippen molar-refractivity contribution < 1.29 is 8.42 Å². The first kappa shape index (κ1) is 15.9. The van der Waals surface area contributed by atoms with E-state index in [4.69, 9.17) is 0 Å². The number of nitrogens with one attached hydrogen (secondary N) is 2. The summed E-state index contributed by atoms with van der Waals surface area (Å²) < 4.78 is 27.9. The van der Waals surface area contributed by atoms with Gasteiger partial charge in [-0.25, -0.2) is 4.98 Å². The lowest BCUT2D eigenvalue weighted by Crippen LogP contribution is -2.15. The number of hydrogen-bond acceptors (Lipinski definition) is 4. The lowest BCUT2D eigenvalue weighted by Gasteiger charge is -2.09. The molecule has 1 aromatic heterocycles. The quantitative estimate of drug-likeness (QED) is 0.849. The first-order chi connectivity index (χ1) is 9.92. The van der Waals surface area contributed by atoms with Crippen LogP contribution in [0.3, 0.4) is 0 Å². The Hall–Kier alpha value is -1.44. The van der Waals surface area contributed by atoms with Crippen LogP contribution in [0.2, 0.25) is 0 Å². The second kappa shape index (κ2) is 6.55. The Kier molecular flexibility index (Phi) is 4.97. The van der Waals surface area contributed by atoms with Crippen molar-refractivity contribution in [2.75, 3.05) is 11.8 Å². The molecule has 0 fully saturated rings. The fraction of sp³-hybridized carbons (Fsp3) is 0.214. The topological polar surface area (TPSA) is 71.1 Å². The fourth-order valence-corrected chi connectivity index (χ4v) is 3.10. The van der Waals surface area contributed by atoms with Gasteiger partial charge in [-0.3, -0.25) is 4.72 Å². The average Bonchev–Trinajstić information content (AvgIpc) is 2.44. The van der Waals surface area contributed by atoms with Crippen LogP contribution in [0.1, 0.15) is 11.1 Å². The number of aromatic nitrogens is 1. The molecule has 1 aromatic carbocycles. The highest BCUT2D eigenvalue weighted by atomic mass is 79.9. The number of hydrogen-bond donors (Lipinski definition) is 2. The van der Waals surface area contributed by atoms with E-state index in [1.54, 1.807) is 24.4 Å². The monoisotopic (exact) mass is 369 g/mol. The number of benzene rings is 1. The third-order valence-electron chi connectivity index (χ3n) is 2.88. The zero-order valence-corrected chi connectivity index (χ0v) is 14.1. The van der Waals surface area contributed by atoms with Gasteiger partial charge in [0.05, 0.1) is 5.69 Å². The van der Waals surface area contributed by atoms with Gasteiger partial charge in [0.1, 0.15) is 0 Å². The second-order valence-corrected chi connectivity index (χ2v) is 7.09. The molecule has 2 rings (SSSR count). The van der Waals surface area contributed by atoms with E-state index in [2.05, 4.69) is 31.0 Å². The molecule has 0 unspecified atom stereocenters. The minimum atomic E-state index is -3.68. The summed E-state index contributed by atoms with van der Waals surface area (Å²) in [5.41, 5.74) is 2.45. The van der Waals surface area contributed by atoms with E-state index in [-0.39, 0.29) is 5.03 Å². The summed E-state index contributed by atoms with van der Waals surface area (Å²) in [6.07, 6.45) is 1.55. The van der Waals surface area contributed by atoms with Crippen LogP contribution in [0, 0.1) is 6.92 Å². The lowest BCUT2D eigenvalue weighted by molar-refractivity contribution is 0.597. The van der Waals surface area contributed by atoms with Crippen molar-refractivity contribution in [2.45, 2.75) is 18.5 Å². The van der Waals surface area contributed by atoms with Crippen LogP contribution in [-0.2, 0) is 16.6 Å². The molecule has 0 amide bonds. The van der Waals surface area contributed by atoms with Gasteiger partial charge in [0, 0.05) is 17.2 Å². The van der Waals surface area contributed by atoms with Crippen LogP contribution in [-0.4, -0.2) is 20.4 Å². The van der Waals surface area contributed by atoms with Gasteiger partial charge < -0.3 is 5.32 Å². The van der Waals surface area contributed by atoms with E-state index in [1.807, 2.05) is 20.0 Å². The Balaban J connectivity index is 2.23. The van der Waals surface area contributed by atoms with Crippen LogP contribution in [0.15, 0.2) is 46.0 Å². The van der Waals surface area contributed by atoms with Crippen molar-refractivity contribution in [1.29, 1.82) is 0 Å². The summed E-state index contributed by atoms with van der Waals surface area (Å²) in [5.74, 6) is 0. The average molecular weight is 370 g/mol. The Morgan fingerprint density at radius 1 is 1.24 bits per heavy atom. The van der Waals surface area contributed by atoms with Crippen molar-refractivity contribution in [3.63, 3.8) is 0 Å². The Labute approximate surface area is 133 Å². The molecule has 2 N–H and O–H groups in total. The molecule has 0 spiro atoms. The lowest BCUT2D eigenvalue weighted by atomic mass is 10.2. The summed E-state index contributed by atoms with van der Waals surface area (Å²) >= 11 is 3.38. The summed E-state index contributed by atoms with van der Waals surface area (Å²) in [6, 6.07) is 8.52. The molecular weight excluding hydrogens is 354 g/mol. The van der Waals surface area contributed by atoms with Gasteiger partial charge in [-0.2, -0.15) is 8.42 Å². The van der Waals surface area contributed by atoms with E-state index < -0.39 is 10.0 Å². The number of nitrogens with zero attached hydrogens (tertiary/aromatic N) is 1. The van der Waals surface area contributed by atoms with Crippen LogP contribution < -0.4 is 10.0 Å². The number of pyridine rings is 1. The van der Waals surface area contributed by atoms with Gasteiger partial charge in [-0.1, -0.05) is 28.1 Å². The summed E-state index contributed by atoms with van der Waals surface area (Å²) in [5, 5.41) is 2.98. The Bertz CT molecular complexity index is 730. The molecule has 7 heteroatoms. The van der Waals surface area contributed by atoms with E-state index in [1.165, 1.54) is 6.07 Å². The fourth-order valence-electron chi connectivity index (χ4n) is 1.74. The molecule has 0 radical (unpaired) electrons. The molecule has 0 aliphatic carbocycles. The van der Waals surface area contributed by atoms with Crippen LogP contribution >= 0.6 is 15.9 Å². The maximum absolute atomic E-state index is 12.3. The number of anilines is 1. The molecule has 1 heterocycles. The highest BCUT2D eigenvalue weighted by Gasteiger charge is 2.16. The van der Waals surface area contributed by atoms with Crippen LogP contribution in [0.25, 0.3) is 0 Å². The molecule has 21 heavy (non-hydrogen) atoms. The van der Waals surface area contributed by atoms with Crippen LogP contribution in [0.5, 0.6) is 0 Å². The van der Waals surface area contributed by atoms with Gasteiger partial charge >= 0.3 is 0 Å². The molecule has 0 bridgehead atoms. The third-order valence-corrected chi connectivity index (χ3v) is 5.03. The van der Waals surface area contributed by atoms with Gasteiger partial charge in [-0.05, 0) is 43.3 Å². The van der Waals surface area contributed by atoms with Crippen molar-refractivity contribution in [3.05, 3.63) is 52.1 Å². The van der Waals surface area contributed by atoms with Crippen LogP contribution in [0.4, 0.5) is 5.69 Å². The molecular formula is C14H16BrN3O2S. The minimum absolute atomic E-state index is 0.000879. The first-order valence-electron chi connectivity index (χ1n) is 6.31. The van der Waals surface area contributed by atoms with Crippen molar-refractivity contribution in [1.82, 2.24) is 10.3 Å². The van der Waals surface area contributed by atoms with Crippen molar-refractivity contribution in [3.8, 4) is 0 Å². The minimum Gasteiger partial charge on any atom is -0.316 e. The number of halogens is 1. The highest BCUT2D eigenvalue weighted by molar-refractivity contribution is 9.10. The Morgan fingerprint density at radius 3 is 2.57 bits per heavy atom. The van der Waals surface area contributed by atoms with E-state index in [0.717, 1.165) is 15.6 Å². The first-order valence-corrected chi connectivity index (χ1v) is 8.58. The largest absolute Gasteiger partial charge is 0.316 e. The molecule has 0 saturated carbocycles. The number of aryl methyl sites for hydroxylation is 1. The van der Waals surface area contributed by atoms with E-state index >= 15 is 0 Å². The van der Waals surface area contributed by atoms with Gasteiger partial charge in [0.2, 0.25) is 0 Å². The molecule has 5 nitrogen and oxygen atoms in total. The second-order valence-electron chi connectivity index (χ2n) is 4.60. The molecule has 2 aromatic rings. The van der Waals surface area contributed by atoms with Crippen molar-refractivity contribution >= 4 is 31.6 Å². The number of sulfonamides is 1. The van der Waals surface area contributed by atoms with Crippen molar-refractivity contribution in [2.24, 2.45) is 0 Å². The van der Waals surface area contributed by atoms with E-state index in [0.29, 0.717) is 12.2 Å². The maximum atomic E-state index is 12.3. The maximum Gasteiger partial charge on any atom is 0.279 e. The zero-order chi connectivity index (χ0) is 15.5. The normalized spacial score (nSPS) is 11.4. The molecule has 0 saturated heterocycles. The molecule has 0 aliphatic heterocycles. The Morgan fingerprint density at radius 2 is 2.00 bits per heavy atom. The third kappa shape index (κ3) is 4.03. The summed E-state index contributed by atoms with van der Waals surface area (Å²) in [4.78, 5) is 4.00. The standard InChI is InChI=1S/C14H16BrN3O2S/c1-10-3-5-12(7-13(10)15)18-21(19,20)14-6-4-11(8-16-2)9-17-14/h3-7,9,16,18H,8H2,1-2H3. The smallest absolute Gasteiger partial charge is 0.279 e. The molecule has 0 atom stereocenters. The number of rotatable bonds is 5. The zero-order valence-electron chi connectivity index (χ0n) is 11.7. The SMILES string of the molecule is CNCc1ccc(S(=O)(=O)Nc2ccc(C)c(Br)c2)nc1. The summed E-state index contributed by atoms with van der Waals surface area (Å²) in [7, 11) is -1.86. The molecule has 112 valence electrons. The predicted octanol–water partition coefficient (Wildman–Crippen LogP) is 2.67. The van der Waals surface area contributed by atoms with E-state index in [9.17, 15) is 8.42 Å².